The van der Waals surface area contributed by atoms with E-state index in [1.165, 1.54) is 18.6 Å². The van der Waals surface area contributed by atoms with E-state index in [1.807, 2.05) is 31.2 Å². The first kappa shape index (κ1) is 19.6. The Morgan fingerprint density at radius 1 is 1.40 bits per heavy atom. The molecule has 1 rings (SSSR count). The van der Waals surface area contributed by atoms with Crippen LogP contribution in [-0.2, 0) is 13.6 Å². The zero-order valence-corrected chi connectivity index (χ0v) is 15.7. The Balaban J connectivity index is 0.00000361. The smallest absolute Gasteiger partial charge is 0.191 e. The number of unbranched alkanes of at least 4 members (excludes halogenated alkanes) is 1. The number of nitrogens with zero attached hydrogens (tertiary/aromatic N) is 3. The lowest BCUT2D eigenvalue weighted by atomic mass is 10.3. The van der Waals surface area contributed by atoms with Gasteiger partial charge in [-0.1, -0.05) is 0 Å². The number of aliphatic imine (C=N–C) groups is 1. The second kappa shape index (κ2) is 12.3. The summed E-state index contributed by atoms with van der Waals surface area (Å²) in [5, 5.41) is 10.8. The van der Waals surface area contributed by atoms with Crippen molar-refractivity contribution in [2.75, 3.05) is 25.1 Å². The first-order valence-electron chi connectivity index (χ1n) is 6.75. The zero-order chi connectivity index (χ0) is 13.9. The molecule has 20 heavy (non-hydrogen) atoms. The summed E-state index contributed by atoms with van der Waals surface area (Å²) >= 11 is 1.90. The molecule has 2 N–H and O–H groups in total. The summed E-state index contributed by atoms with van der Waals surface area (Å²) < 4.78 is 1.80. The Bertz CT molecular complexity index is 381. The number of aromatic nitrogens is 2. The highest BCUT2D eigenvalue weighted by atomic mass is 127. The molecule has 0 saturated heterocycles. The number of thioether (sulfide) groups is 1. The normalized spacial score (nSPS) is 11.1. The summed E-state index contributed by atoms with van der Waals surface area (Å²) in [6.07, 6.45) is 8.41. The van der Waals surface area contributed by atoms with Crippen molar-refractivity contribution in [1.29, 1.82) is 0 Å². The van der Waals surface area contributed by atoms with Crippen molar-refractivity contribution < 1.29 is 0 Å². The highest BCUT2D eigenvalue weighted by molar-refractivity contribution is 14.0. The highest BCUT2D eigenvalue weighted by Crippen LogP contribution is 1.99. The average molecular weight is 411 g/mol. The number of rotatable bonds is 8. The largest absolute Gasteiger partial charge is 0.357 e. The molecule has 1 aromatic heterocycles. The molecule has 0 bridgehead atoms. The Labute approximate surface area is 143 Å². The fourth-order valence-corrected chi connectivity index (χ4v) is 2.14. The van der Waals surface area contributed by atoms with E-state index in [-0.39, 0.29) is 24.0 Å². The fourth-order valence-electron chi connectivity index (χ4n) is 1.64. The molecule has 0 unspecified atom stereocenters. The van der Waals surface area contributed by atoms with Crippen LogP contribution in [0.4, 0.5) is 0 Å². The van der Waals surface area contributed by atoms with Gasteiger partial charge in [0.25, 0.3) is 0 Å². The van der Waals surface area contributed by atoms with Gasteiger partial charge in [-0.15, -0.1) is 24.0 Å². The molecule has 116 valence electrons. The first-order valence-corrected chi connectivity index (χ1v) is 8.14. The molecular weight excluding hydrogens is 385 g/mol. The third-order valence-corrected chi connectivity index (χ3v) is 3.29. The number of hydrogen-bond donors (Lipinski definition) is 2. The van der Waals surface area contributed by atoms with Crippen molar-refractivity contribution >= 4 is 41.7 Å². The van der Waals surface area contributed by atoms with E-state index in [4.69, 9.17) is 0 Å². The summed E-state index contributed by atoms with van der Waals surface area (Å²) in [4.78, 5) is 4.55. The Morgan fingerprint density at radius 2 is 2.20 bits per heavy atom. The molecule has 1 heterocycles. The minimum atomic E-state index is 0. The first-order chi connectivity index (χ1) is 9.26. The molecule has 0 aliphatic carbocycles. The quantitative estimate of drug-likeness (QED) is 0.298. The Kier molecular flexibility index (Phi) is 12.0. The van der Waals surface area contributed by atoms with E-state index in [2.05, 4.69) is 33.9 Å². The number of nitrogens with one attached hydrogen (secondary N) is 2. The summed E-state index contributed by atoms with van der Waals surface area (Å²) in [6.45, 7) is 4.59. The van der Waals surface area contributed by atoms with E-state index in [1.54, 1.807) is 4.68 Å². The van der Waals surface area contributed by atoms with Gasteiger partial charge in [0.1, 0.15) is 0 Å². The average Bonchev–Trinajstić information content (AvgIpc) is 2.81. The highest BCUT2D eigenvalue weighted by Gasteiger charge is 1.98. The third kappa shape index (κ3) is 8.68. The molecule has 1 aromatic rings. The SMILES string of the molecule is CCNC(=NCc1cnn(C)c1)NCCCCSC.I. The molecule has 0 aliphatic rings. The second-order valence-corrected chi connectivity index (χ2v) is 5.33. The van der Waals surface area contributed by atoms with E-state index in [9.17, 15) is 0 Å². The van der Waals surface area contributed by atoms with Crippen molar-refractivity contribution in [3.63, 3.8) is 0 Å². The molecule has 7 heteroatoms. The van der Waals surface area contributed by atoms with Gasteiger partial charge in [-0.25, -0.2) is 4.99 Å². The van der Waals surface area contributed by atoms with Gasteiger partial charge < -0.3 is 10.6 Å². The lowest BCUT2D eigenvalue weighted by molar-refractivity contribution is 0.734. The van der Waals surface area contributed by atoms with Crippen LogP contribution in [0.5, 0.6) is 0 Å². The predicted molar refractivity (Wildman–Crippen MR) is 99.1 cm³/mol. The van der Waals surface area contributed by atoms with Crippen LogP contribution in [0.2, 0.25) is 0 Å². The number of aryl methyl sites for hydroxylation is 1. The van der Waals surface area contributed by atoms with Crippen LogP contribution in [-0.4, -0.2) is 40.8 Å². The van der Waals surface area contributed by atoms with Crippen LogP contribution < -0.4 is 10.6 Å². The number of halogens is 1. The molecule has 0 radical (unpaired) electrons. The van der Waals surface area contributed by atoms with Gasteiger partial charge >= 0.3 is 0 Å². The standard InChI is InChI=1S/C13H25N5S.HI/c1-4-14-13(15-7-5-6-8-19-3)16-9-12-10-17-18(2)11-12;/h10-11H,4-9H2,1-3H3,(H2,14,15,16);1H. The molecule has 0 amide bonds. The maximum Gasteiger partial charge on any atom is 0.191 e. The van der Waals surface area contributed by atoms with E-state index >= 15 is 0 Å². The summed E-state index contributed by atoms with van der Waals surface area (Å²) in [6, 6.07) is 0. The van der Waals surface area contributed by atoms with Gasteiger partial charge in [0.05, 0.1) is 12.7 Å². The van der Waals surface area contributed by atoms with E-state index < -0.39 is 0 Å². The molecule has 0 saturated carbocycles. The lowest BCUT2D eigenvalue weighted by Crippen LogP contribution is -2.37. The summed E-state index contributed by atoms with van der Waals surface area (Å²) in [7, 11) is 1.92. The molecule has 5 nitrogen and oxygen atoms in total. The van der Waals surface area contributed by atoms with Crippen molar-refractivity contribution in [3.8, 4) is 0 Å². The van der Waals surface area contributed by atoms with Crippen molar-refractivity contribution in [3.05, 3.63) is 18.0 Å². The number of guanidine groups is 1. The molecule has 0 aromatic carbocycles. The number of hydrogen-bond acceptors (Lipinski definition) is 3. The van der Waals surface area contributed by atoms with Gasteiger partial charge in [0.15, 0.2) is 5.96 Å². The second-order valence-electron chi connectivity index (χ2n) is 4.34. The van der Waals surface area contributed by atoms with Crippen LogP contribution in [0.25, 0.3) is 0 Å². The molecular formula is C13H26IN5S. The van der Waals surface area contributed by atoms with Gasteiger partial charge in [-0.05, 0) is 31.8 Å². The van der Waals surface area contributed by atoms with Crippen LogP contribution in [0.15, 0.2) is 17.4 Å². The van der Waals surface area contributed by atoms with Crippen molar-refractivity contribution in [2.45, 2.75) is 26.3 Å². The maximum atomic E-state index is 4.55. The van der Waals surface area contributed by atoms with Crippen LogP contribution in [0.3, 0.4) is 0 Å². The maximum absolute atomic E-state index is 4.55. The van der Waals surface area contributed by atoms with Crippen LogP contribution in [0.1, 0.15) is 25.3 Å². The van der Waals surface area contributed by atoms with Crippen LogP contribution in [0, 0.1) is 0 Å². The van der Waals surface area contributed by atoms with Gasteiger partial charge in [0, 0.05) is 31.9 Å². The van der Waals surface area contributed by atoms with E-state index in [0.29, 0.717) is 6.54 Å². The van der Waals surface area contributed by atoms with Gasteiger partial charge in [-0.3, -0.25) is 4.68 Å². The van der Waals surface area contributed by atoms with Crippen LogP contribution >= 0.6 is 35.7 Å². The van der Waals surface area contributed by atoms with Crippen molar-refractivity contribution in [2.24, 2.45) is 12.0 Å². The predicted octanol–water partition coefficient (Wildman–Crippen LogP) is 2.24. The minimum Gasteiger partial charge on any atom is -0.357 e. The summed E-state index contributed by atoms with van der Waals surface area (Å²) in [5.41, 5.74) is 1.13. The molecule has 0 fully saturated rings. The molecule has 0 aliphatic heterocycles. The van der Waals surface area contributed by atoms with Crippen molar-refractivity contribution in [1.82, 2.24) is 20.4 Å². The lowest BCUT2D eigenvalue weighted by Gasteiger charge is -2.10. The Morgan fingerprint density at radius 3 is 2.80 bits per heavy atom. The molecule has 0 atom stereocenters. The fraction of sp³-hybridized carbons (Fsp3) is 0.692. The monoisotopic (exact) mass is 411 g/mol. The minimum absolute atomic E-state index is 0. The van der Waals surface area contributed by atoms with Gasteiger partial charge in [-0.2, -0.15) is 16.9 Å². The zero-order valence-electron chi connectivity index (χ0n) is 12.6. The Hall–Kier alpha value is -0.440. The molecule has 0 spiro atoms. The third-order valence-electron chi connectivity index (χ3n) is 2.59. The van der Waals surface area contributed by atoms with Gasteiger partial charge in [0.2, 0.25) is 0 Å². The summed E-state index contributed by atoms with van der Waals surface area (Å²) in [5.74, 6) is 2.11. The topological polar surface area (TPSA) is 54.2 Å². The van der Waals surface area contributed by atoms with E-state index in [0.717, 1.165) is 24.6 Å².